The molecular weight excluding hydrogens is 482 g/mol. The van der Waals surface area contributed by atoms with Crippen molar-refractivity contribution in [1.82, 2.24) is 24.7 Å². The minimum Gasteiger partial charge on any atom is -0.497 e. The van der Waals surface area contributed by atoms with Crippen molar-refractivity contribution < 1.29 is 14.3 Å². The summed E-state index contributed by atoms with van der Waals surface area (Å²) < 4.78 is 10.9. The molecule has 0 radical (unpaired) electrons. The Morgan fingerprint density at radius 1 is 1.03 bits per heavy atom. The fourth-order valence-electron chi connectivity index (χ4n) is 5.02. The maximum atomic E-state index is 12.6. The van der Waals surface area contributed by atoms with Gasteiger partial charge in [0.1, 0.15) is 5.75 Å². The van der Waals surface area contributed by atoms with Gasteiger partial charge in [0, 0.05) is 82.2 Å². The lowest BCUT2D eigenvalue weighted by molar-refractivity contribution is -0.136. The minimum absolute atomic E-state index is 0.219. The van der Waals surface area contributed by atoms with Gasteiger partial charge < -0.3 is 25.0 Å². The summed E-state index contributed by atoms with van der Waals surface area (Å²) in [6.45, 7) is 8.69. The standard InChI is InChI=1S/C28H37N7O3/c1-29-28-31-6-5-25(32-28)22-17-21-3-4-23(37-2)19-24(21)26(18-22)30-7-8-33-9-11-34(12-10-33)20-27(36)35-13-15-38-16-14-35/h3-6,17-19,30H,7-16,20H2,1-2H3,(H,29,31,32). The summed E-state index contributed by atoms with van der Waals surface area (Å²) in [6.07, 6.45) is 1.77. The molecular formula is C28H37N7O3. The molecule has 0 saturated carbocycles. The molecule has 2 fully saturated rings. The number of fused-ring (bicyclic) bond motifs is 1. The number of nitrogens with one attached hydrogen (secondary N) is 2. The molecule has 5 rings (SSSR count). The number of morpholine rings is 1. The number of benzene rings is 2. The molecule has 2 aromatic carbocycles. The highest BCUT2D eigenvalue weighted by molar-refractivity contribution is 5.98. The van der Waals surface area contributed by atoms with Crippen LogP contribution in [0.3, 0.4) is 0 Å². The van der Waals surface area contributed by atoms with Gasteiger partial charge in [0.05, 0.1) is 32.6 Å². The van der Waals surface area contributed by atoms with Gasteiger partial charge in [-0.05, 0) is 35.7 Å². The predicted octanol–water partition coefficient (Wildman–Crippen LogP) is 2.24. The van der Waals surface area contributed by atoms with Gasteiger partial charge in [-0.2, -0.15) is 0 Å². The molecule has 38 heavy (non-hydrogen) atoms. The number of aromatic nitrogens is 2. The maximum absolute atomic E-state index is 12.6. The number of hydrogen-bond acceptors (Lipinski definition) is 9. The SMILES string of the molecule is CNc1nccc(-c2cc(NCCN3CCN(CC(=O)N4CCOCC4)CC3)c3cc(OC)ccc3c2)n1. The van der Waals surface area contributed by atoms with E-state index >= 15 is 0 Å². The van der Waals surface area contributed by atoms with Crippen LogP contribution < -0.4 is 15.4 Å². The number of anilines is 2. The molecule has 0 bridgehead atoms. The lowest BCUT2D eigenvalue weighted by atomic mass is 10.0. The summed E-state index contributed by atoms with van der Waals surface area (Å²) in [4.78, 5) is 28.1. The molecule has 1 aromatic heterocycles. The van der Waals surface area contributed by atoms with Crippen LogP contribution in [0, 0.1) is 0 Å². The Kier molecular flexibility index (Phi) is 8.52. The second-order valence-electron chi connectivity index (χ2n) is 9.66. The van der Waals surface area contributed by atoms with Crippen LogP contribution in [0.15, 0.2) is 42.6 Å². The van der Waals surface area contributed by atoms with Crippen LogP contribution >= 0.6 is 0 Å². The molecule has 0 unspecified atom stereocenters. The lowest BCUT2D eigenvalue weighted by Crippen LogP contribution is -2.52. The first-order valence-electron chi connectivity index (χ1n) is 13.3. The third-order valence-corrected chi connectivity index (χ3v) is 7.27. The molecule has 1 amide bonds. The fraction of sp³-hybridized carbons (Fsp3) is 0.464. The summed E-state index contributed by atoms with van der Waals surface area (Å²) >= 11 is 0. The molecule has 2 saturated heterocycles. The van der Waals surface area contributed by atoms with E-state index in [0.717, 1.165) is 72.7 Å². The van der Waals surface area contributed by atoms with Gasteiger partial charge in [-0.1, -0.05) is 6.07 Å². The first-order valence-corrected chi connectivity index (χ1v) is 13.3. The second kappa shape index (κ2) is 12.4. The average molecular weight is 520 g/mol. The molecule has 2 N–H and O–H groups in total. The van der Waals surface area contributed by atoms with Crippen LogP contribution in [0.1, 0.15) is 0 Å². The summed E-state index contributed by atoms with van der Waals surface area (Å²) in [7, 11) is 3.51. The topological polar surface area (TPSA) is 95.1 Å². The van der Waals surface area contributed by atoms with E-state index < -0.39 is 0 Å². The van der Waals surface area contributed by atoms with Gasteiger partial charge in [0.2, 0.25) is 11.9 Å². The van der Waals surface area contributed by atoms with Crippen LogP contribution in [0.25, 0.3) is 22.0 Å². The second-order valence-corrected chi connectivity index (χ2v) is 9.66. The number of nitrogens with zero attached hydrogens (tertiary/aromatic N) is 5. The predicted molar refractivity (Wildman–Crippen MR) is 150 cm³/mol. The van der Waals surface area contributed by atoms with E-state index in [1.165, 1.54) is 0 Å². The monoisotopic (exact) mass is 519 g/mol. The Labute approximate surface area is 223 Å². The highest BCUT2D eigenvalue weighted by Crippen LogP contribution is 2.33. The van der Waals surface area contributed by atoms with Crippen molar-refractivity contribution in [3.8, 4) is 17.0 Å². The summed E-state index contributed by atoms with van der Waals surface area (Å²) in [6, 6.07) is 12.4. The molecule has 3 aromatic rings. The van der Waals surface area contributed by atoms with Gasteiger partial charge in [-0.15, -0.1) is 0 Å². The molecule has 2 aliphatic rings. The number of rotatable bonds is 9. The van der Waals surface area contributed by atoms with Crippen molar-refractivity contribution in [1.29, 1.82) is 0 Å². The molecule has 10 heteroatoms. The Morgan fingerprint density at radius 3 is 2.58 bits per heavy atom. The largest absolute Gasteiger partial charge is 0.497 e. The zero-order valence-corrected chi connectivity index (χ0v) is 22.3. The number of methoxy groups -OCH3 is 1. The van der Waals surface area contributed by atoms with E-state index in [4.69, 9.17) is 9.47 Å². The molecule has 0 aliphatic carbocycles. The van der Waals surface area contributed by atoms with Crippen molar-refractivity contribution in [3.05, 3.63) is 42.6 Å². The van der Waals surface area contributed by atoms with Crippen molar-refractivity contribution >= 4 is 28.3 Å². The Bertz CT molecular complexity index is 1240. The molecule has 0 spiro atoms. The van der Waals surface area contributed by atoms with Crippen molar-refractivity contribution in [3.63, 3.8) is 0 Å². The number of piperazine rings is 1. The van der Waals surface area contributed by atoms with Crippen molar-refractivity contribution in [2.24, 2.45) is 0 Å². The number of ether oxygens (including phenoxy) is 2. The van der Waals surface area contributed by atoms with Crippen molar-refractivity contribution in [2.45, 2.75) is 0 Å². The van der Waals surface area contributed by atoms with E-state index in [2.05, 4.69) is 54.7 Å². The Balaban J connectivity index is 1.21. The fourth-order valence-corrected chi connectivity index (χ4v) is 5.02. The number of amides is 1. The molecule has 10 nitrogen and oxygen atoms in total. The number of hydrogen-bond donors (Lipinski definition) is 2. The van der Waals surface area contributed by atoms with E-state index in [1.807, 2.05) is 24.1 Å². The normalized spacial score (nSPS) is 16.9. The average Bonchev–Trinajstić information content (AvgIpc) is 2.98. The quantitative estimate of drug-likeness (QED) is 0.441. The highest BCUT2D eigenvalue weighted by atomic mass is 16.5. The van der Waals surface area contributed by atoms with E-state index in [-0.39, 0.29) is 5.91 Å². The summed E-state index contributed by atoms with van der Waals surface area (Å²) in [5, 5.41) is 8.92. The van der Waals surface area contributed by atoms with E-state index in [0.29, 0.717) is 38.8 Å². The van der Waals surface area contributed by atoms with Gasteiger partial charge >= 0.3 is 0 Å². The number of carbonyl (C=O) groups is 1. The molecule has 2 aliphatic heterocycles. The van der Waals surface area contributed by atoms with Crippen LogP contribution in [0.4, 0.5) is 11.6 Å². The first-order chi connectivity index (χ1) is 18.6. The third-order valence-electron chi connectivity index (χ3n) is 7.27. The van der Waals surface area contributed by atoms with Gasteiger partial charge in [-0.25, -0.2) is 9.97 Å². The minimum atomic E-state index is 0.219. The maximum Gasteiger partial charge on any atom is 0.236 e. The van der Waals surface area contributed by atoms with Crippen LogP contribution in [0.2, 0.25) is 0 Å². The van der Waals surface area contributed by atoms with Gasteiger partial charge in [0.25, 0.3) is 0 Å². The van der Waals surface area contributed by atoms with Gasteiger partial charge in [-0.3, -0.25) is 14.6 Å². The molecule has 0 atom stereocenters. The zero-order valence-electron chi connectivity index (χ0n) is 22.3. The Morgan fingerprint density at radius 2 is 1.82 bits per heavy atom. The van der Waals surface area contributed by atoms with Crippen molar-refractivity contribution in [2.75, 3.05) is 96.9 Å². The Hall–Kier alpha value is -3.47. The molecule has 202 valence electrons. The third kappa shape index (κ3) is 6.32. The van der Waals surface area contributed by atoms with Crippen LogP contribution in [-0.4, -0.2) is 117 Å². The van der Waals surface area contributed by atoms with E-state index in [1.54, 1.807) is 13.3 Å². The summed E-state index contributed by atoms with van der Waals surface area (Å²) in [5.74, 6) is 1.64. The van der Waals surface area contributed by atoms with E-state index in [9.17, 15) is 4.79 Å². The lowest BCUT2D eigenvalue weighted by Gasteiger charge is -2.36. The van der Waals surface area contributed by atoms with Crippen LogP contribution in [-0.2, 0) is 9.53 Å². The van der Waals surface area contributed by atoms with Crippen LogP contribution in [0.5, 0.6) is 5.75 Å². The highest BCUT2D eigenvalue weighted by Gasteiger charge is 2.23. The van der Waals surface area contributed by atoms with Gasteiger partial charge in [0.15, 0.2) is 0 Å². The first kappa shape index (κ1) is 26.1. The summed E-state index contributed by atoms with van der Waals surface area (Å²) in [5.41, 5.74) is 2.95. The smallest absolute Gasteiger partial charge is 0.236 e. The zero-order chi connectivity index (χ0) is 26.3. The molecule has 3 heterocycles. The number of carbonyl (C=O) groups excluding carboxylic acids is 1.